The van der Waals surface area contributed by atoms with Gasteiger partial charge in [-0.05, 0) is 61.2 Å². The summed E-state index contributed by atoms with van der Waals surface area (Å²) in [5, 5.41) is 0. The van der Waals surface area contributed by atoms with Crippen molar-refractivity contribution in [3.63, 3.8) is 0 Å². The number of methoxy groups -OCH3 is 3. The van der Waals surface area contributed by atoms with E-state index in [0.717, 1.165) is 62.5 Å². The van der Waals surface area contributed by atoms with Gasteiger partial charge in [-0.1, -0.05) is 63.7 Å². The molecule has 0 aromatic heterocycles. The van der Waals surface area contributed by atoms with Crippen molar-refractivity contribution in [3.8, 4) is 23.0 Å². The molecule has 2 aromatic carbocycles. The highest BCUT2D eigenvalue weighted by Gasteiger charge is 2.31. The van der Waals surface area contributed by atoms with Crippen molar-refractivity contribution in [1.29, 1.82) is 0 Å². The van der Waals surface area contributed by atoms with Crippen molar-refractivity contribution in [2.75, 3.05) is 61.0 Å². The first-order chi connectivity index (χ1) is 23.8. The van der Waals surface area contributed by atoms with E-state index in [4.69, 9.17) is 38.9 Å². The van der Waals surface area contributed by atoms with Gasteiger partial charge < -0.3 is 38.9 Å². The molecule has 49 heavy (non-hydrogen) atoms. The molecule has 0 amide bonds. The summed E-state index contributed by atoms with van der Waals surface area (Å²) in [5.74, 6) is 2.49. The number of hydrogen-bond donors (Lipinski definition) is 1. The number of benzene rings is 2. The predicted octanol–water partition coefficient (Wildman–Crippen LogP) is 8.40. The highest BCUT2D eigenvalue weighted by atomic mass is 16.5. The van der Waals surface area contributed by atoms with Gasteiger partial charge in [0.15, 0.2) is 23.0 Å². The lowest BCUT2D eigenvalue weighted by Gasteiger charge is -2.31. The van der Waals surface area contributed by atoms with E-state index in [1.165, 1.54) is 6.42 Å². The standard InChI is InChI=1S/C40H59NO8/c1-7-23-46-29-40(9-3,30-47-24-8-2)31-49-39(42)18-16-14-12-10-11-13-15-17-25-48-36-21-19-32(27-37(36)44-5)26-34(41)33-20-22-35(43-4)38(28-33)45-6/h7-8,19-22,26-28H,1-2,9-18,23-25,29-31,41H2,3-6H3/b34-26-. The van der Waals surface area contributed by atoms with Crippen molar-refractivity contribution >= 4 is 17.7 Å². The van der Waals surface area contributed by atoms with Crippen LogP contribution in [-0.4, -0.2) is 66.9 Å². The maximum absolute atomic E-state index is 12.4. The van der Waals surface area contributed by atoms with Crippen LogP contribution >= 0.6 is 0 Å². The van der Waals surface area contributed by atoms with Crippen molar-refractivity contribution in [2.45, 2.75) is 71.1 Å². The summed E-state index contributed by atoms with van der Waals surface area (Å²) < 4.78 is 39.4. The van der Waals surface area contributed by atoms with Gasteiger partial charge in [0.05, 0.1) is 59.8 Å². The molecule has 0 radical (unpaired) electrons. The molecule has 9 heteroatoms. The van der Waals surface area contributed by atoms with Crippen LogP contribution in [-0.2, 0) is 19.0 Å². The fraction of sp³-hybridized carbons (Fsp3) is 0.525. The van der Waals surface area contributed by atoms with Crippen LogP contribution in [0.15, 0.2) is 61.7 Å². The third kappa shape index (κ3) is 15.4. The zero-order valence-electron chi connectivity index (χ0n) is 30.3. The molecule has 9 nitrogen and oxygen atoms in total. The topological polar surface area (TPSA) is 108 Å². The molecule has 0 aliphatic heterocycles. The molecule has 0 heterocycles. The van der Waals surface area contributed by atoms with Crippen molar-refractivity contribution in [2.24, 2.45) is 11.1 Å². The lowest BCUT2D eigenvalue weighted by molar-refractivity contribution is -0.151. The molecule has 2 aromatic rings. The molecule has 2 rings (SSSR count). The van der Waals surface area contributed by atoms with E-state index in [1.807, 2.05) is 42.5 Å². The molecule has 0 spiro atoms. The highest BCUT2D eigenvalue weighted by molar-refractivity contribution is 5.81. The molecular formula is C40H59NO8. The van der Waals surface area contributed by atoms with Crippen molar-refractivity contribution in [1.82, 2.24) is 0 Å². The molecular weight excluding hydrogens is 622 g/mol. The summed E-state index contributed by atoms with van der Waals surface area (Å²) in [4.78, 5) is 12.4. The Kier molecular flexibility index (Phi) is 20.4. The van der Waals surface area contributed by atoms with Crippen molar-refractivity contribution < 1.29 is 38.0 Å². The Labute approximate surface area is 294 Å². The number of rotatable bonds is 28. The molecule has 0 fully saturated rings. The minimum Gasteiger partial charge on any atom is -0.493 e. The Balaban J connectivity index is 1.63. The fourth-order valence-corrected chi connectivity index (χ4v) is 5.24. The number of hydrogen-bond acceptors (Lipinski definition) is 9. The van der Waals surface area contributed by atoms with Crippen LogP contribution in [0, 0.1) is 5.41 Å². The normalized spacial score (nSPS) is 11.6. The number of carbonyl (C=O) groups excluding carboxylic acids is 1. The van der Waals surface area contributed by atoms with Gasteiger partial charge in [0, 0.05) is 17.7 Å². The minimum absolute atomic E-state index is 0.160. The number of nitrogens with two attached hydrogens (primary N) is 1. The first-order valence-corrected chi connectivity index (χ1v) is 17.4. The van der Waals surface area contributed by atoms with Gasteiger partial charge in [-0.15, -0.1) is 13.2 Å². The SMILES string of the molecule is C=CCOCC(CC)(COCC=C)COC(=O)CCCCCCCCCCOc1ccc(/C=C(\N)c2ccc(OC)c(OC)c2)cc1OC. The van der Waals surface area contributed by atoms with E-state index in [-0.39, 0.29) is 18.0 Å². The summed E-state index contributed by atoms with van der Waals surface area (Å²) in [5.41, 5.74) is 8.34. The minimum atomic E-state index is -0.370. The molecule has 0 atom stereocenters. The summed E-state index contributed by atoms with van der Waals surface area (Å²) in [6, 6.07) is 11.4. The second-order valence-corrected chi connectivity index (χ2v) is 12.1. The monoisotopic (exact) mass is 681 g/mol. The zero-order valence-corrected chi connectivity index (χ0v) is 30.3. The van der Waals surface area contributed by atoms with Crippen molar-refractivity contribution in [3.05, 3.63) is 72.8 Å². The maximum Gasteiger partial charge on any atom is 0.305 e. The molecule has 0 aliphatic rings. The van der Waals surface area contributed by atoms with E-state index >= 15 is 0 Å². The lowest BCUT2D eigenvalue weighted by atomic mass is 9.88. The quantitative estimate of drug-likeness (QED) is 0.0410. The maximum atomic E-state index is 12.4. The molecule has 0 aliphatic carbocycles. The van der Waals surface area contributed by atoms with E-state index in [9.17, 15) is 4.79 Å². The van der Waals surface area contributed by atoms with E-state index in [2.05, 4.69) is 20.1 Å². The van der Waals surface area contributed by atoms with Crippen LogP contribution in [0.5, 0.6) is 23.0 Å². The summed E-state index contributed by atoms with van der Waals surface area (Å²) in [6.07, 6.45) is 15.1. The van der Waals surface area contributed by atoms with Gasteiger partial charge in [-0.25, -0.2) is 0 Å². The smallest absolute Gasteiger partial charge is 0.305 e. The molecule has 0 bridgehead atoms. The van der Waals surface area contributed by atoms with Gasteiger partial charge >= 0.3 is 5.97 Å². The first-order valence-electron chi connectivity index (χ1n) is 17.4. The molecule has 0 unspecified atom stereocenters. The Morgan fingerprint density at radius 3 is 1.90 bits per heavy atom. The molecule has 0 saturated carbocycles. The van der Waals surface area contributed by atoms with Crippen LogP contribution in [0.4, 0.5) is 0 Å². The molecule has 0 saturated heterocycles. The van der Waals surface area contributed by atoms with Crippen LogP contribution in [0.2, 0.25) is 0 Å². The number of esters is 1. The first kappa shape index (κ1) is 41.2. The average molecular weight is 682 g/mol. The molecule has 2 N–H and O–H groups in total. The number of carbonyl (C=O) groups is 1. The Bertz CT molecular complexity index is 1280. The van der Waals surface area contributed by atoms with Gasteiger partial charge in [-0.2, -0.15) is 0 Å². The summed E-state index contributed by atoms with van der Waals surface area (Å²) in [7, 11) is 4.84. The second kappa shape index (κ2) is 24.2. The number of unbranched alkanes of at least 4 members (excludes halogenated alkanes) is 7. The molecule has 272 valence electrons. The van der Waals surface area contributed by atoms with Crippen LogP contribution in [0.25, 0.3) is 11.8 Å². The lowest BCUT2D eigenvalue weighted by Crippen LogP contribution is -2.37. The van der Waals surface area contributed by atoms with Crippen LogP contribution in [0.3, 0.4) is 0 Å². The third-order valence-electron chi connectivity index (χ3n) is 8.34. The largest absolute Gasteiger partial charge is 0.493 e. The van der Waals surface area contributed by atoms with Crippen LogP contribution < -0.4 is 24.7 Å². The average Bonchev–Trinajstić information content (AvgIpc) is 3.12. The van der Waals surface area contributed by atoms with Gasteiger partial charge in [0.1, 0.15) is 6.61 Å². The summed E-state index contributed by atoms with van der Waals surface area (Å²) in [6.45, 7) is 12.2. The van der Waals surface area contributed by atoms with Crippen LogP contribution in [0.1, 0.15) is 82.3 Å². The predicted molar refractivity (Wildman–Crippen MR) is 197 cm³/mol. The van der Waals surface area contributed by atoms with E-state index < -0.39 is 0 Å². The third-order valence-corrected chi connectivity index (χ3v) is 8.34. The van der Waals surface area contributed by atoms with E-state index in [1.54, 1.807) is 33.5 Å². The van der Waals surface area contributed by atoms with Gasteiger partial charge in [-0.3, -0.25) is 4.79 Å². The zero-order chi connectivity index (χ0) is 35.7. The van der Waals surface area contributed by atoms with E-state index in [0.29, 0.717) is 68.2 Å². The Morgan fingerprint density at radius 1 is 0.735 bits per heavy atom. The van der Waals surface area contributed by atoms with Gasteiger partial charge in [0.25, 0.3) is 0 Å². The van der Waals surface area contributed by atoms with Gasteiger partial charge in [0.2, 0.25) is 0 Å². The summed E-state index contributed by atoms with van der Waals surface area (Å²) >= 11 is 0. The fourth-order valence-electron chi connectivity index (χ4n) is 5.24. The highest BCUT2D eigenvalue weighted by Crippen LogP contribution is 2.32. The second-order valence-electron chi connectivity index (χ2n) is 12.1. The Hall–Kier alpha value is -3.95. The Morgan fingerprint density at radius 2 is 1.31 bits per heavy atom. The number of ether oxygens (including phenoxy) is 7.